The lowest BCUT2D eigenvalue weighted by molar-refractivity contribution is 0.0671. The van der Waals surface area contributed by atoms with E-state index in [9.17, 15) is 4.79 Å². The lowest BCUT2D eigenvalue weighted by Crippen LogP contribution is -2.39. The lowest BCUT2D eigenvalue weighted by Gasteiger charge is -2.29. The predicted octanol–water partition coefficient (Wildman–Crippen LogP) is 3.40. The highest BCUT2D eigenvalue weighted by Gasteiger charge is 2.27. The minimum atomic E-state index is -0.0445. The Kier molecular flexibility index (Phi) is 3.74. The second-order valence-corrected chi connectivity index (χ2v) is 8.80. The molecule has 0 saturated carbocycles. The average Bonchev–Trinajstić information content (AvgIpc) is 3.22. The number of thiophene rings is 1. The summed E-state index contributed by atoms with van der Waals surface area (Å²) in [4.78, 5) is 26.8. The molecule has 3 aromatic heterocycles. The third-order valence-electron chi connectivity index (χ3n) is 5.69. The normalized spacial score (nSPS) is 20.7. The number of piperidine rings is 1. The molecule has 0 radical (unpaired) electrons. The first-order chi connectivity index (χ1) is 12.6. The largest absolute Gasteiger partial charge is 0.336 e. The quantitative estimate of drug-likeness (QED) is 0.659. The van der Waals surface area contributed by atoms with Crippen molar-refractivity contribution in [3.8, 4) is 0 Å². The molecule has 0 N–H and O–H groups in total. The topological polar surface area (TPSA) is 63.4 Å². The van der Waals surface area contributed by atoms with Crippen LogP contribution in [-0.2, 0) is 12.8 Å². The van der Waals surface area contributed by atoms with Gasteiger partial charge in [-0.3, -0.25) is 4.79 Å². The fourth-order valence-electron chi connectivity index (χ4n) is 4.36. The molecule has 1 fully saturated rings. The van der Waals surface area contributed by atoms with E-state index in [1.54, 1.807) is 15.9 Å². The molecule has 4 heterocycles. The summed E-state index contributed by atoms with van der Waals surface area (Å²) in [6.45, 7) is 5.75. The van der Waals surface area contributed by atoms with Crippen molar-refractivity contribution in [3.63, 3.8) is 0 Å². The van der Waals surface area contributed by atoms with E-state index in [-0.39, 0.29) is 5.91 Å². The monoisotopic (exact) mass is 369 g/mol. The molecule has 6 nitrogen and oxygen atoms in total. The Bertz CT molecular complexity index is 1020. The van der Waals surface area contributed by atoms with Gasteiger partial charge in [0.1, 0.15) is 10.7 Å². The van der Waals surface area contributed by atoms with Crippen molar-refractivity contribution in [1.29, 1.82) is 0 Å². The molecule has 1 saturated heterocycles. The van der Waals surface area contributed by atoms with Crippen LogP contribution < -0.4 is 0 Å². The minimum Gasteiger partial charge on any atom is -0.336 e. The zero-order valence-corrected chi connectivity index (χ0v) is 16.1. The molecule has 26 heavy (non-hydrogen) atoms. The highest BCUT2D eigenvalue weighted by Crippen LogP contribution is 2.37. The van der Waals surface area contributed by atoms with Gasteiger partial charge in [0, 0.05) is 18.0 Å². The van der Waals surface area contributed by atoms with Crippen molar-refractivity contribution in [2.45, 2.75) is 52.4 Å². The molecule has 0 spiro atoms. The smallest absolute Gasteiger partial charge is 0.293 e. The first-order valence-electron chi connectivity index (χ1n) is 9.58. The van der Waals surface area contributed by atoms with Gasteiger partial charge in [-0.2, -0.15) is 4.52 Å². The summed E-state index contributed by atoms with van der Waals surface area (Å²) in [5.41, 5.74) is 2.19. The highest BCUT2D eigenvalue weighted by atomic mass is 32.1. The van der Waals surface area contributed by atoms with Crippen molar-refractivity contribution < 1.29 is 4.79 Å². The number of nitrogens with zero attached hydrogens (tertiary/aromatic N) is 5. The van der Waals surface area contributed by atoms with Crippen molar-refractivity contribution in [3.05, 3.63) is 22.1 Å². The number of fused-ring (bicyclic) bond motifs is 5. The maximum absolute atomic E-state index is 13.0. The van der Waals surface area contributed by atoms with Gasteiger partial charge in [0.15, 0.2) is 5.65 Å². The van der Waals surface area contributed by atoms with E-state index in [4.69, 9.17) is 9.97 Å². The van der Waals surface area contributed by atoms with Crippen molar-refractivity contribution in [2.24, 2.45) is 5.92 Å². The van der Waals surface area contributed by atoms with Crippen LogP contribution in [0.2, 0.25) is 0 Å². The van der Waals surface area contributed by atoms with Crippen LogP contribution in [0, 0.1) is 12.8 Å². The molecular formula is C19H23N5OS. The van der Waals surface area contributed by atoms with Crippen LogP contribution in [0.5, 0.6) is 0 Å². The zero-order valence-electron chi connectivity index (χ0n) is 15.3. The van der Waals surface area contributed by atoms with Gasteiger partial charge in [-0.15, -0.1) is 16.4 Å². The van der Waals surface area contributed by atoms with Gasteiger partial charge >= 0.3 is 0 Å². The highest BCUT2D eigenvalue weighted by molar-refractivity contribution is 7.19. The van der Waals surface area contributed by atoms with Crippen LogP contribution in [0.15, 0.2) is 0 Å². The molecule has 2 aliphatic rings. The molecule has 0 aromatic carbocycles. The molecule has 1 atom stereocenters. The van der Waals surface area contributed by atoms with Crippen LogP contribution >= 0.6 is 11.3 Å². The third kappa shape index (κ3) is 2.44. The van der Waals surface area contributed by atoms with Gasteiger partial charge in [0.25, 0.3) is 5.91 Å². The fraction of sp³-hybridized carbons (Fsp3) is 0.579. The Morgan fingerprint density at radius 1 is 1.19 bits per heavy atom. The fourth-order valence-corrected chi connectivity index (χ4v) is 5.66. The number of aryl methyl sites for hydroxylation is 3. The van der Waals surface area contributed by atoms with E-state index in [0.717, 1.165) is 54.0 Å². The molecule has 5 rings (SSSR count). The zero-order chi connectivity index (χ0) is 17.8. The number of hydrogen-bond acceptors (Lipinski definition) is 5. The summed E-state index contributed by atoms with van der Waals surface area (Å²) in [5, 5.41) is 5.67. The first-order valence-corrected chi connectivity index (χ1v) is 10.4. The summed E-state index contributed by atoms with van der Waals surface area (Å²) < 4.78 is 1.77. The van der Waals surface area contributed by atoms with E-state index in [1.807, 2.05) is 11.8 Å². The number of likely N-dealkylation sites (tertiary alicyclic amines) is 1. The molecule has 1 aliphatic carbocycles. The summed E-state index contributed by atoms with van der Waals surface area (Å²) in [5.74, 6) is 1.61. The first kappa shape index (κ1) is 16.2. The van der Waals surface area contributed by atoms with Crippen LogP contribution in [-0.4, -0.2) is 43.5 Å². The van der Waals surface area contributed by atoms with Gasteiger partial charge in [0.2, 0.25) is 5.82 Å². The third-order valence-corrected chi connectivity index (χ3v) is 6.87. The van der Waals surface area contributed by atoms with Gasteiger partial charge in [0.05, 0.1) is 5.39 Å². The van der Waals surface area contributed by atoms with E-state index in [0.29, 0.717) is 11.7 Å². The van der Waals surface area contributed by atoms with Crippen LogP contribution in [0.4, 0.5) is 0 Å². The Balaban J connectivity index is 1.64. The number of rotatable bonds is 1. The SMILES string of the molecule is Cc1nc2sc3c(c2c2nc(C(=O)N4CCC[C@@H](C)C4)nn12)CCCC3. The summed E-state index contributed by atoms with van der Waals surface area (Å²) >= 11 is 1.79. The maximum Gasteiger partial charge on any atom is 0.293 e. The predicted molar refractivity (Wildman–Crippen MR) is 102 cm³/mol. The Morgan fingerprint density at radius 3 is 2.88 bits per heavy atom. The molecule has 7 heteroatoms. The number of carbonyl (C=O) groups is 1. The van der Waals surface area contributed by atoms with Gasteiger partial charge in [-0.1, -0.05) is 6.92 Å². The van der Waals surface area contributed by atoms with Crippen molar-refractivity contribution >= 4 is 33.1 Å². The molecule has 1 amide bonds. The van der Waals surface area contributed by atoms with E-state index in [2.05, 4.69) is 12.0 Å². The maximum atomic E-state index is 13.0. The number of carbonyl (C=O) groups excluding carboxylic acids is 1. The summed E-state index contributed by atoms with van der Waals surface area (Å²) in [6, 6.07) is 0. The Morgan fingerprint density at radius 2 is 2.04 bits per heavy atom. The number of amides is 1. The van der Waals surface area contributed by atoms with E-state index < -0.39 is 0 Å². The molecule has 1 aliphatic heterocycles. The van der Waals surface area contributed by atoms with Gasteiger partial charge < -0.3 is 4.90 Å². The van der Waals surface area contributed by atoms with Crippen molar-refractivity contribution in [2.75, 3.05) is 13.1 Å². The Hall–Kier alpha value is -2.02. The molecule has 3 aromatic rings. The second-order valence-electron chi connectivity index (χ2n) is 7.72. The van der Waals surface area contributed by atoms with Crippen LogP contribution in [0.25, 0.3) is 15.9 Å². The molecular weight excluding hydrogens is 346 g/mol. The van der Waals surface area contributed by atoms with E-state index >= 15 is 0 Å². The second kappa shape index (κ2) is 6.01. The Labute approximate surface area is 156 Å². The number of hydrogen-bond donors (Lipinski definition) is 0. The van der Waals surface area contributed by atoms with Crippen LogP contribution in [0.3, 0.4) is 0 Å². The summed E-state index contributed by atoms with van der Waals surface area (Å²) in [7, 11) is 0. The van der Waals surface area contributed by atoms with Gasteiger partial charge in [-0.25, -0.2) is 9.97 Å². The van der Waals surface area contributed by atoms with Crippen molar-refractivity contribution in [1.82, 2.24) is 24.5 Å². The number of aromatic nitrogens is 4. The molecule has 0 unspecified atom stereocenters. The minimum absolute atomic E-state index is 0.0445. The lowest BCUT2D eigenvalue weighted by atomic mass is 9.97. The average molecular weight is 369 g/mol. The standard InChI is InChI=1S/C19H23N5OS/c1-11-6-5-9-23(10-11)19(25)16-21-17-15-13-7-3-4-8-14(13)26-18(15)20-12(2)24(17)22-16/h11H,3-10H2,1-2H3/t11-/m1/s1. The van der Waals surface area contributed by atoms with E-state index in [1.165, 1.54) is 29.7 Å². The van der Waals surface area contributed by atoms with Gasteiger partial charge in [-0.05, 0) is 56.9 Å². The molecule has 0 bridgehead atoms. The van der Waals surface area contributed by atoms with Crippen LogP contribution in [0.1, 0.15) is 59.5 Å². The summed E-state index contributed by atoms with van der Waals surface area (Å²) in [6.07, 6.45) is 6.92. The molecule has 136 valence electrons.